The minimum absolute atomic E-state index is 0.153. The van der Waals surface area contributed by atoms with Crippen molar-refractivity contribution < 1.29 is 5.11 Å². The molecule has 1 aliphatic rings. The first-order chi connectivity index (χ1) is 7.12. The number of rotatable bonds is 1. The SMILES string of the molecule is CC1=CC(O)CC(C)(C)C1/C=C/C(C)(C)C. The van der Waals surface area contributed by atoms with Gasteiger partial charge in [-0.25, -0.2) is 0 Å². The molecule has 2 atom stereocenters. The zero-order valence-corrected chi connectivity index (χ0v) is 11.5. The minimum atomic E-state index is -0.269. The van der Waals surface area contributed by atoms with Gasteiger partial charge in [-0.1, -0.05) is 58.4 Å². The van der Waals surface area contributed by atoms with Crippen LogP contribution in [-0.2, 0) is 0 Å². The third kappa shape index (κ3) is 3.48. The second-order valence-electron chi connectivity index (χ2n) is 6.87. The highest BCUT2D eigenvalue weighted by Crippen LogP contribution is 2.42. The fourth-order valence-electron chi connectivity index (χ4n) is 2.55. The summed E-state index contributed by atoms with van der Waals surface area (Å²) < 4.78 is 0. The molecule has 92 valence electrons. The van der Waals surface area contributed by atoms with Crippen molar-refractivity contribution in [3.05, 3.63) is 23.8 Å². The maximum absolute atomic E-state index is 9.76. The van der Waals surface area contributed by atoms with E-state index in [-0.39, 0.29) is 16.9 Å². The van der Waals surface area contributed by atoms with Crippen LogP contribution in [-0.4, -0.2) is 11.2 Å². The molecule has 0 aromatic rings. The largest absolute Gasteiger partial charge is 0.389 e. The number of aliphatic hydroxyl groups is 1. The van der Waals surface area contributed by atoms with E-state index in [1.807, 2.05) is 6.08 Å². The van der Waals surface area contributed by atoms with Gasteiger partial charge in [-0.05, 0) is 24.2 Å². The molecule has 0 radical (unpaired) electrons. The van der Waals surface area contributed by atoms with Gasteiger partial charge in [-0.3, -0.25) is 0 Å². The molecular formula is C15H26O. The van der Waals surface area contributed by atoms with Crippen LogP contribution in [0.1, 0.15) is 48.0 Å². The molecule has 0 aromatic heterocycles. The van der Waals surface area contributed by atoms with Crippen LogP contribution in [0.3, 0.4) is 0 Å². The van der Waals surface area contributed by atoms with Crippen molar-refractivity contribution in [3.63, 3.8) is 0 Å². The standard InChI is InChI=1S/C15H26O/c1-11-9-12(16)10-15(5,6)13(11)7-8-14(2,3)4/h7-9,12-13,16H,10H2,1-6H3/b8-7+. The van der Waals surface area contributed by atoms with Gasteiger partial charge in [0.1, 0.15) is 0 Å². The molecule has 0 amide bonds. The lowest BCUT2D eigenvalue weighted by Crippen LogP contribution is -2.32. The summed E-state index contributed by atoms with van der Waals surface area (Å²) in [6.07, 6.45) is 7.19. The number of hydrogen-bond donors (Lipinski definition) is 1. The zero-order valence-electron chi connectivity index (χ0n) is 11.5. The van der Waals surface area contributed by atoms with Gasteiger partial charge in [0.05, 0.1) is 6.10 Å². The second-order valence-corrected chi connectivity index (χ2v) is 6.87. The summed E-state index contributed by atoms with van der Waals surface area (Å²) >= 11 is 0. The maximum atomic E-state index is 9.76. The number of aliphatic hydroxyl groups excluding tert-OH is 1. The van der Waals surface area contributed by atoms with E-state index < -0.39 is 0 Å². The molecule has 0 saturated carbocycles. The van der Waals surface area contributed by atoms with E-state index in [2.05, 4.69) is 53.7 Å². The Morgan fingerprint density at radius 2 is 1.94 bits per heavy atom. The van der Waals surface area contributed by atoms with Crippen LogP contribution in [0.15, 0.2) is 23.8 Å². The molecule has 1 rings (SSSR count). The Labute approximate surface area is 100 Å². The van der Waals surface area contributed by atoms with Crippen LogP contribution >= 0.6 is 0 Å². The normalized spacial score (nSPS) is 30.6. The molecule has 0 aliphatic heterocycles. The fraction of sp³-hybridized carbons (Fsp3) is 0.733. The van der Waals surface area contributed by atoms with Crippen molar-refractivity contribution in [1.29, 1.82) is 0 Å². The van der Waals surface area contributed by atoms with Crippen molar-refractivity contribution in [1.82, 2.24) is 0 Å². The Balaban J connectivity index is 2.93. The van der Waals surface area contributed by atoms with Gasteiger partial charge >= 0.3 is 0 Å². The molecule has 0 fully saturated rings. The lowest BCUT2D eigenvalue weighted by Gasteiger charge is -2.39. The van der Waals surface area contributed by atoms with Crippen molar-refractivity contribution in [3.8, 4) is 0 Å². The molecule has 0 aromatic carbocycles. The number of hydrogen-bond acceptors (Lipinski definition) is 1. The Bertz CT molecular complexity index is 302. The van der Waals surface area contributed by atoms with Crippen molar-refractivity contribution in [2.24, 2.45) is 16.7 Å². The molecule has 1 N–H and O–H groups in total. The fourth-order valence-corrected chi connectivity index (χ4v) is 2.55. The smallest absolute Gasteiger partial charge is 0.0729 e. The van der Waals surface area contributed by atoms with Crippen LogP contribution in [0.25, 0.3) is 0 Å². The third-order valence-corrected chi connectivity index (χ3v) is 3.31. The first-order valence-corrected chi connectivity index (χ1v) is 6.17. The maximum Gasteiger partial charge on any atom is 0.0729 e. The van der Waals surface area contributed by atoms with Gasteiger partial charge in [0.2, 0.25) is 0 Å². The summed E-state index contributed by atoms with van der Waals surface area (Å²) in [4.78, 5) is 0. The van der Waals surface area contributed by atoms with E-state index in [4.69, 9.17) is 0 Å². The summed E-state index contributed by atoms with van der Waals surface area (Å²) in [5.41, 5.74) is 1.68. The van der Waals surface area contributed by atoms with Gasteiger partial charge in [-0.15, -0.1) is 0 Å². The van der Waals surface area contributed by atoms with E-state index in [0.717, 1.165) is 6.42 Å². The molecule has 1 nitrogen and oxygen atoms in total. The van der Waals surface area contributed by atoms with Crippen LogP contribution in [0, 0.1) is 16.7 Å². The highest BCUT2D eigenvalue weighted by atomic mass is 16.3. The van der Waals surface area contributed by atoms with Crippen LogP contribution in [0.5, 0.6) is 0 Å². The van der Waals surface area contributed by atoms with Gasteiger partial charge < -0.3 is 5.11 Å². The average molecular weight is 222 g/mol. The molecule has 1 aliphatic carbocycles. The predicted molar refractivity (Wildman–Crippen MR) is 70.2 cm³/mol. The predicted octanol–water partition coefficient (Wildman–Crippen LogP) is 3.94. The first-order valence-electron chi connectivity index (χ1n) is 6.17. The van der Waals surface area contributed by atoms with E-state index in [1.54, 1.807) is 0 Å². The summed E-state index contributed by atoms with van der Waals surface area (Å²) in [6.45, 7) is 13.3. The molecule has 0 saturated heterocycles. The van der Waals surface area contributed by atoms with Crippen molar-refractivity contribution in [2.75, 3.05) is 0 Å². The Hall–Kier alpha value is -0.560. The summed E-state index contributed by atoms with van der Waals surface area (Å²) in [6, 6.07) is 0. The summed E-state index contributed by atoms with van der Waals surface area (Å²) in [5, 5.41) is 9.76. The Kier molecular flexibility index (Phi) is 3.69. The number of allylic oxidation sites excluding steroid dienone is 3. The third-order valence-electron chi connectivity index (χ3n) is 3.31. The molecule has 16 heavy (non-hydrogen) atoms. The molecule has 0 heterocycles. The highest BCUT2D eigenvalue weighted by molar-refractivity contribution is 5.21. The molecule has 0 spiro atoms. The van der Waals surface area contributed by atoms with E-state index >= 15 is 0 Å². The Morgan fingerprint density at radius 3 is 2.38 bits per heavy atom. The molecule has 2 unspecified atom stereocenters. The summed E-state index contributed by atoms with van der Waals surface area (Å²) in [7, 11) is 0. The average Bonchev–Trinajstić information content (AvgIpc) is 1.96. The quantitative estimate of drug-likeness (QED) is 0.666. The van der Waals surface area contributed by atoms with Crippen LogP contribution in [0.4, 0.5) is 0 Å². The highest BCUT2D eigenvalue weighted by Gasteiger charge is 2.34. The lowest BCUT2D eigenvalue weighted by atomic mass is 9.67. The monoisotopic (exact) mass is 222 g/mol. The van der Waals surface area contributed by atoms with Crippen LogP contribution < -0.4 is 0 Å². The molecule has 0 bridgehead atoms. The van der Waals surface area contributed by atoms with Gasteiger partial charge in [0, 0.05) is 5.92 Å². The zero-order chi connectivity index (χ0) is 12.6. The van der Waals surface area contributed by atoms with Gasteiger partial charge in [0.15, 0.2) is 0 Å². The lowest BCUT2D eigenvalue weighted by molar-refractivity contribution is 0.117. The Morgan fingerprint density at radius 1 is 1.38 bits per heavy atom. The van der Waals surface area contributed by atoms with Gasteiger partial charge in [-0.2, -0.15) is 0 Å². The van der Waals surface area contributed by atoms with E-state index in [0.29, 0.717) is 5.92 Å². The molecule has 1 heteroatoms. The van der Waals surface area contributed by atoms with Crippen LogP contribution in [0.2, 0.25) is 0 Å². The van der Waals surface area contributed by atoms with E-state index in [9.17, 15) is 5.11 Å². The minimum Gasteiger partial charge on any atom is -0.389 e. The molecular weight excluding hydrogens is 196 g/mol. The first kappa shape index (κ1) is 13.5. The topological polar surface area (TPSA) is 20.2 Å². The van der Waals surface area contributed by atoms with Gasteiger partial charge in [0.25, 0.3) is 0 Å². The second kappa shape index (κ2) is 4.37. The van der Waals surface area contributed by atoms with Crippen molar-refractivity contribution in [2.45, 2.75) is 54.1 Å². The van der Waals surface area contributed by atoms with E-state index in [1.165, 1.54) is 5.57 Å². The summed E-state index contributed by atoms with van der Waals surface area (Å²) in [5.74, 6) is 0.454. The van der Waals surface area contributed by atoms with Crippen molar-refractivity contribution >= 4 is 0 Å².